The van der Waals surface area contributed by atoms with Crippen molar-refractivity contribution in [2.24, 2.45) is 5.73 Å². The van der Waals surface area contributed by atoms with Crippen LogP contribution in [0.15, 0.2) is 52.1 Å². The SMILES string of the molecule is COc1ccc2c(c1)C(NC(N)=O)CC2.COc1ccc2c(c1)C(n1c(N)cc(=O)[nH]c1=O)CC2. The summed E-state index contributed by atoms with van der Waals surface area (Å²) in [5, 5.41) is 2.73. The summed E-state index contributed by atoms with van der Waals surface area (Å²) in [7, 11) is 3.24. The fourth-order valence-electron chi connectivity index (χ4n) is 4.83. The molecule has 2 amide bonds. The first-order valence-electron chi connectivity index (χ1n) is 11.3. The number of carbonyl (C=O) groups is 1. The molecule has 5 rings (SSSR count). The fourth-order valence-corrected chi connectivity index (χ4v) is 4.83. The van der Waals surface area contributed by atoms with Gasteiger partial charge in [-0.3, -0.25) is 14.3 Å². The lowest BCUT2D eigenvalue weighted by molar-refractivity contribution is 0.245. The third-order valence-corrected chi connectivity index (χ3v) is 6.46. The van der Waals surface area contributed by atoms with Gasteiger partial charge in [-0.1, -0.05) is 12.1 Å². The number of aromatic amines is 1. The van der Waals surface area contributed by atoms with E-state index in [2.05, 4.69) is 10.3 Å². The molecule has 184 valence electrons. The van der Waals surface area contributed by atoms with E-state index in [1.54, 1.807) is 14.2 Å². The Morgan fingerprint density at radius 3 is 2.17 bits per heavy atom. The molecule has 0 aliphatic heterocycles. The Morgan fingerprint density at radius 1 is 0.971 bits per heavy atom. The summed E-state index contributed by atoms with van der Waals surface area (Å²) in [5.74, 6) is 1.73. The van der Waals surface area contributed by atoms with Crippen molar-refractivity contribution in [3.63, 3.8) is 0 Å². The monoisotopic (exact) mass is 479 g/mol. The largest absolute Gasteiger partial charge is 0.497 e. The highest BCUT2D eigenvalue weighted by atomic mass is 16.5. The van der Waals surface area contributed by atoms with Gasteiger partial charge in [0.05, 0.1) is 26.3 Å². The Balaban J connectivity index is 0.000000172. The maximum Gasteiger partial charge on any atom is 0.330 e. The molecule has 2 atom stereocenters. The number of aromatic nitrogens is 2. The molecule has 1 heterocycles. The van der Waals surface area contributed by atoms with Crippen molar-refractivity contribution >= 4 is 11.8 Å². The van der Waals surface area contributed by atoms with Crippen LogP contribution in [-0.4, -0.2) is 29.8 Å². The first kappa shape index (κ1) is 23.9. The molecular formula is C25H29N5O5. The minimum atomic E-state index is -0.479. The lowest BCUT2D eigenvalue weighted by Gasteiger charge is -2.17. The van der Waals surface area contributed by atoms with E-state index >= 15 is 0 Å². The molecule has 0 saturated heterocycles. The number of urea groups is 1. The summed E-state index contributed by atoms with van der Waals surface area (Å²) in [5.41, 5.74) is 14.6. The topological polar surface area (TPSA) is 154 Å². The van der Waals surface area contributed by atoms with Gasteiger partial charge in [0.2, 0.25) is 0 Å². The number of fused-ring (bicyclic) bond motifs is 2. The quantitative estimate of drug-likeness (QED) is 0.449. The Bertz CT molecular complexity index is 1360. The van der Waals surface area contributed by atoms with Crippen LogP contribution in [0.2, 0.25) is 0 Å². The number of nitrogens with two attached hydrogens (primary N) is 2. The molecule has 6 N–H and O–H groups in total. The average molecular weight is 480 g/mol. The van der Waals surface area contributed by atoms with Gasteiger partial charge in [0.15, 0.2) is 0 Å². The zero-order valence-electron chi connectivity index (χ0n) is 19.7. The maximum absolute atomic E-state index is 12.0. The summed E-state index contributed by atoms with van der Waals surface area (Å²) < 4.78 is 11.8. The van der Waals surface area contributed by atoms with Crippen molar-refractivity contribution in [3.8, 4) is 11.5 Å². The lowest BCUT2D eigenvalue weighted by Crippen LogP contribution is -2.33. The van der Waals surface area contributed by atoms with E-state index in [1.807, 2.05) is 36.4 Å². The molecule has 0 saturated carbocycles. The molecule has 0 spiro atoms. The van der Waals surface area contributed by atoms with Crippen LogP contribution in [0, 0.1) is 0 Å². The average Bonchev–Trinajstić information content (AvgIpc) is 3.42. The predicted octanol–water partition coefficient (Wildman–Crippen LogP) is 2.01. The highest BCUT2D eigenvalue weighted by Gasteiger charge is 2.27. The molecule has 35 heavy (non-hydrogen) atoms. The van der Waals surface area contributed by atoms with Crippen LogP contribution in [0.25, 0.3) is 0 Å². The van der Waals surface area contributed by atoms with Gasteiger partial charge in [0.25, 0.3) is 5.56 Å². The minimum absolute atomic E-state index is 0.0348. The van der Waals surface area contributed by atoms with Crippen LogP contribution in [0.3, 0.4) is 0 Å². The van der Waals surface area contributed by atoms with Crippen molar-refractivity contribution in [1.29, 1.82) is 0 Å². The Hall–Kier alpha value is -4.21. The van der Waals surface area contributed by atoms with Gasteiger partial charge in [-0.05, 0) is 72.2 Å². The lowest BCUT2D eigenvalue weighted by atomic mass is 10.1. The number of ether oxygens (including phenoxy) is 2. The van der Waals surface area contributed by atoms with Crippen molar-refractivity contribution in [2.75, 3.05) is 20.0 Å². The molecule has 0 radical (unpaired) electrons. The first-order chi connectivity index (χ1) is 16.8. The molecule has 2 unspecified atom stereocenters. The number of benzene rings is 2. The van der Waals surface area contributed by atoms with Gasteiger partial charge >= 0.3 is 11.7 Å². The van der Waals surface area contributed by atoms with E-state index in [0.717, 1.165) is 48.3 Å². The Labute approximate surface area is 201 Å². The van der Waals surface area contributed by atoms with Crippen LogP contribution >= 0.6 is 0 Å². The highest BCUT2D eigenvalue weighted by Crippen LogP contribution is 2.36. The van der Waals surface area contributed by atoms with E-state index in [1.165, 1.54) is 21.8 Å². The molecule has 2 aliphatic carbocycles. The summed E-state index contributed by atoms with van der Waals surface area (Å²) >= 11 is 0. The zero-order chi connectivity index (χ0) is 25.1. The molecule has 10 heteroatoms. The first-order valence-corrected chi connectivity index (χ1v) is 11.3. The zero-order valence-corrected chi connectivity index (χ0v) is 19.7. The van der Waals surface area contributed by atoms with Crippen LogP contribution in [-0.2, 0) is 12.8 Å². The summed E-state index contributed by atoms with van der Waals surface area (Å²) in [6, 6.07) is 12.4. The van der Waals surface area contributed by atoms with Gasteiger partial charge in [0.1, 0.15) is 17.3 Å². The van der Waals surface area contributed by atoms with Crippen molar-refractivity contribution in [1.82, 2.24) is 14.9 Å². The second-order valence-corrected chi connectivity index (χ2v) is 8.52. The predicted molar refractivity (Wildman–Crippen MR) is 132 cm³/mol. The number of aryl methyl sites for hydroxylation is 2. The van der Waals surface area contributed by atoms with E-state index in [9.17, 15) is 14.4 Å². The molecule has 2 aliphatic rings. The van der Waals surface area contributed by atoms with Gasteiger partial charge < -0.3 is 26.3 Å². The number of anilines is 1. The van der Waals surface area contributed by atoms with E-state index in [0.29, 0.717) is 0 Å². The number of hydrogen-bond donors (Lipinski definition) is 4. The molecule has 0 bridgehead atoms. The van der Waals surface area contributed by atoms with Crippen LogP contribution in [0.5, 0.6) is 11.5 Å². The van der Waals surface area contributed by atoms with Crippen LogP contribution in [0.1, 0.15) is 47.2 Å². The number of nitrogens with one attached hydrogen (secondary N) is 2. The summed E-state index contributed by atoms with van der Waals surface area (Å²) in [4.78, 5) is 36.3. The standard InChI is InChI=1S/C14H15N3O3.C11H14N2O2/c1-20-9-4-2-8-3-5-11(10(8)6-9)17-12(15)7-13(18)16-14(17)19;1-15-8-4-2-7-3-5-10(9(7)6-8)13-11(12)14/h2,4,6-7,11H,3,5,15H2,1H3,(H,16,18,19);2,4,6,10H,3,5H2,1H3,(H3,12,13,14). The smallest absolute Gasteiger partial charge is 0.330 e. The van der Waals surface area contributed by atoms with Crippen molar-refractivity contribution < 1.29 is 14.3 Å². The molecule has 3 aromatic rings. The van der Waals surface area contributed by atoms with E-state index in [-0.39, 0.29) is 17.9 Å². The number of methoxy groups -OCH3 is 2. The van der Waals surface area contributed by atoms with E-state index < -0.39 is 17.3 Å². The van der Waals surface area contributed by atoms with Gasteiger partial charge in [-0.2, -0.15) is 0 Å². The molecular weight excluding hydrogens is 450 g/mol. The van der Waals surface area contributed by atoms with Crippen LogP contribution in [0.4, 0.5) is 10.6 Å². The van der Waals surface area contributed by atoms with Gasteiger partial charge in [-0.25, -0.2) is 9.59 Å². The number of primary amides is 1. The van der Waals surface area contributed by atoms with Gasteiger partial charge in [-0.15, -0.1) is 0 Å². The Kier molecular flexibility index (Phi) is 6.81. The number of hydrogen-bond acceptors (Lipinski definition) is 6. The number of nitrogens with zero attached hydrogens (tertiary/aromatic N) is 1. The molecule has 10 nitrogen and oxygen atoms in total. The second kappa shape index (κ2) is 9.96. The second-order valence-electron chi connectivity index (χ2n) is 8.52. The summed E-state index contributed by atoms with van der Waals surface area (Å²) in [6.07, 6.45) is 3.53. The third kappa shape index (κ3) is 5.01. The highest BCUT2D eigenvalue weighted by molar-refractivity contribution is 5.72. The Morgan fingerprint density at radius 2 is 1.57 bits per heavy atom. The van der Waals surface area contributed by atoms with Crippen molar-refractivity contribution in [3.05, 3.63) is 85.6 Å². The van der Waals surface area contributed by atoms with E-state index in [4.69, 9.17) is 20.9 Å². The normalized spacial score (nSPS) is 17.5. The van der Waals surface area contributed by atoms with Gasteiger partial charge in [0, 0.05) is 6.07 Å². The number of carbonyl (C=O) groups excluding carboxylic acids is 1. The molecule has 0 fully saturated rings. The van der Waals surface area contributed by atoms with Crippen LogP contribution < -0.4 is 37.5 Å². The number of nitrogen functional groups attached to an aromatic ring is 1. The number of rotatable bonds is 4. The molecule has 2 aromatic carbocycles. The minimum Gasteiger partial charge on any atom is -0.497 e. The third-order valence-electron chi connectivity index (χ3n) is 6.46. The maximum atomic E-state index is 12.0. The number of amides is 2. The number of H-pyrrole nitrogens is 1. The summed E-state index contributed by atoms with van der Waals surface area (Å²) in [6.45, 7) is 0. The molecule has 1 aromatic heterocycles. The van der Waals surface area contributed by atoms with Crippen molar-refractivity contribution in [2.45, 2.75) is 37.8 Å². The fraction of sp³-hybridized carbons (Fsp3) is 0.320.